The lowest BCUT2D eigenvalue weighted by Crippen LogP contribution is -2.26. The molecule has 1 aromatic carbocycles. The van der Waals surface area contributed by atoms with Gasteiger partial charge in [0.1, 0.15) is 17.4 Å². The fourth-order valence-corrected chi connectivity index (χ4v) is 3.48. The number of amides is 1. The van der Waals surface area contributed by atoms with Gasteiger partial charge in [-0.05, 0) is 25.0 Å². The molecule has 0 atom stereocenters. The van der Waals surface area contributed by atoms with E-state index in [9.17, 15) is 4.79 Å². The van der Waals surface area contributed by atoms with Crippen molar-refractivity contribution in [2.24, 2.45) is 7.05 Å². The highest BCUT2D eigenvalue weighted by Crippen LogP contribution is 2.21. The molecule has 7 heteroatoms. The van der Waals surface area contributed by atoms with E-state index in [1.807, 2.05) is 36.0 Å². The molecule has 136 valence electrons. The average molecular weight is 353 g/mol. The summed E-state index contributed by atoms with van der Waals surface area (Å²) in [5.41, 5.74) is 2.71. The van der Waals surface area contributed by atoms with Gasteiger partial charge in [0.15, 0.2) is 0 Å². The first-order valence-corrected chi connectivity index (χ1v) is 8.95. The molecular formula is C19H23N5O2. The van der Waals surface area contributed by atoms with Gasteiger partial charge in [-0.15, -0.1) is 0 Å². The van der Waals surface area contributed by atoms with Crippen molar-refractivity contribution in [3.05, 3.63) is 41.7 Å². The minimum Gasteiger partial charge on any atom is -0.497 e. The molecule has 0 spiro atoms. The largest absolute Gasteiger partial charge is 0.497 e. The van der Waals surface area contributed by atoms with E-state index in [0.29, 0.717) is 13.0 Å². The summed E-state index contributed by atoms with van der Waals surface area (Å²) in [6.45, 7) is 1.40. The summed E-state index contributed by atoms with van der Waals surface area (Å²) < 4.78 is 9.40. The standard InChI is InChI=1S/C19H23N5O2/c1-23-16-7-6-14(26-2)10-15(16)22-18(23)11-20-19(25)9-13-12-24-8-4-3-5-17(24)21-13/h6-7,10,12H,3-5,8-9,11H2,1-2H3,(H,20,25). The summed E-state index contributed by atoms with van der Waals surface area (Å²) in [4.78, 5) is 21.5. The maximum Gasteiger partial charge on any atom is 0.226 e. The number of nitrogens with one attached hydrogen (secondary N) is 1. The Morgan fingerprint density at radius 3 is 3.00 bits per heavy atom. The predicted molar refractivity (Wildman–Crippen MR) is 98.0 cm³/mol. The topological polar surface area (TPSA) is 74.0 Å². The van der Waals surface area contributed by atoms with Crippen molar-refractivity contribution in [1.82, 2.24) is 24.4 Å². The van der Waals surface area contributed by atoms with Gasteiger partial charge in [0.05, 0.1) is 36.8 Å². The molecule has 1 amide bonds. The zero-order chi connectivity index (χ0) is 18.1. The van der Waals surface area contributed by atoms with Crippen molar-refractivity contribution in [2.75, 3.05) is 7.11 Å². The van der Waals surface area contributed by atoms with E-state index in [1.54, 1.807) is 7.11 Å². The number of aromatic nitrogens is 4. The van der Waals surface area contributed by atoms with Crippen LogP contribution in [0.1, 0.15) is 30.2 Å². The highest BCUT2D eigenvalue weighted by Gasteiger charge is 2.15. The number of aryl methyl sites for hydroxylation is 3. The van der Waals surface area contributed by atoms with Gasteiger partial charge in [0, 0.05) is 32.3 Å². The number of nitrogens with zero attached hydrogens (tertiary/aromatic N) is 4. The summed E-state index contributed by atoms with van der Waals surface area (Å²) in [7, 11) is 3.59. The highest BCUT2D eigenvalue weighted by molar-refractivity contribution is 5.79. The summed E-state index contributed by atoms with van der Waals surface area (Å²) >= 11 is 0. The number of hydrogen-bond acceptors (Lipinski definition) is 4. The average Bonchev–Trinajstić information content (AvgIpc) is 3.19. The van der Waals surface area contributed by atoms with Crippen molar-refractivity contribution in [3.63, 3.8) is 0 Å². The highest BCUT2D eigenvalue weighted by atomic mass is 16.5. The molecule has 1 aliphatic rings. The van der Waals surface area contributed by atoms with Crippen LogP contribution in [-0.2, 0) is 37.8 Å². The fraction of sp³-hybridized carbons (Fsp3) is 0.421. The van der Waals surface area contributed by atoms with Crippen LogP contribution in [-0.4, -0.2) is 32.1 Å². The predicted octanol–water partition coefficient (Wildman–Crippen LogP) is 1.97. The third-order valence-corrected chi connectivity index (χ3v) is 4.92. The summed E-state index contributed by atoms with van der Waals surface area (Å²) in [6.07, 6.45) is 5.69. The normalized spacial score (nSPS) is 13.6. The molecule has 1 N–H and O–H groups in total. The van der Waals surface area contributed by atoms with Crippen LogP contribution in [0.3, 0.4) is 0 Å². The fourth-order valence-electron chi connectivity index (χ4n) is 3.48. The molecule has 26 heavy (non-hydrogen) atoms. The van der Waals surface area contributed by atoms with Gasteiger partial charge in [-0.3, -0.25) is 4.79 Å². The smallest absolute Gasteiger partial charge is 0.226 e. The molecule has 4 rings (SSSR count). The van der Waals surface area contributed by atoms with E-state index in [4.69, 9.17) is 4.74 Å². The van der Waals surface area contributed by atoms with Gasteiger partial charge in [-0.25, -0.2) is 9.97 Å². The van der Waals surface area contributed by atoms with Crippen LogP contribution in [0, 0.1) is 0 Å². The van der Waals surface area contributed by atoms with Crippen LogP contribution in [0.2, 0.25) is 0 Å². The first kappa shape index (κ1) is 16.6. The molecule has 0 saturated carbocycles. The Labute approximate surface area is 152 Å². The number of fused-ring (bicyclic) bond motifs is 2. The van der Waals surface area contributed by atoms with Gasteiger partial charge in [-0.2, -0.15) is 0 Å². The van der Waals surface area contributed by atoms with Crippen molar-refractivity contribution in [1.29, 1.82) is 0 Å². The number of carbonyl (C=O) groups excluding carboxylic acids is 1. The van der Waals surface area contributed by atoms with Gasteiger partial charge in [0.2, 0.25) is 5.91 Å². The van der Waals surface area contributed by atoms with E-state index in [-0.39, 0.29) is 5.91 Å². The van der Waals surface area contributed by atoms with Crippen molar-refractivity contribution in [3.8, 4) is 5.75 Å². The quantitative estimate of drug-likeness (QED) is 0.761. The molecule has 0 saturated heterocycles. The zero-order valence-electron chi connectivity index (χ0n) is 15.2. The molecule has 0 unspecified atom stereocenters. The molecular weight excluding hydrogens is 330 g/mol. The number of ether oxygens (including phenoxy) is 1. The Kier molecular flexibility index (Phi) is 4.36. The Bertz CT molecular complexity index is 933. The molecule has 3 aromatic rings. The van der Waals surface area contributed by atoms with Gasteiger partial charge in [0.25, 0.3) is 0 Å². The van der Waals surface area contributed by atoms with E-state index in [0.717, 1.165) is 47.1 Å². The van der Waals surface area contributed by atoms with Crippen LogP contribution < -0.4 is 10.1 Å². The van der Waals surface area contributed by atoms with Crippen LogP contribution >= 0.6 is 0 Å². The molecule has 3 heterocycles. The molecule has 0 aliphatic carbocycles. The van der Waals surface area contributed by atoms with Crippen LogP contribution in [0.4, 0.5) is 0 Å². The van der Waals surface area contributed by atoms with E-state index >= 15 is 0 Å². The van der Waals surface area contributed by atoms with E-state index in [2.05, 4.69) is 19.9 Å². The molecule has 0 radical (unpaired) electrons. The Morgan fingerprint density at radius 1 is 1.31 bits per heavy atom. The van der Waals surface area contributed by atoms with Gasteiger partial charge >= 0.3 is 0 Å². The minimum atomic E-state index is -0.0370. The molecule has 7 nitrogen and oxygen atoms in total. The third-order valence-electron chi connectivity index (χ3n) is 4.92. The first-order valence-electron chi connectivity index (χ1n) is 8.95. The monoisotopic (exact) mass is 353 g/mol. The van der Waals surface area contributed by atoms with Gasteiger partial charge < -0.3 is 19.2 Å². The minimum absolute atomic E-state index is 0.0370. The maximum atomic E-state index is 12.3. The molecule has 2 aromatic heterocycles. The third kappa shape index (κ3) is 3.16. The van der Waals surface area contributed by atoms with Crippen LogP contribution in [0.15, 0.2) is 24.4 Å². The first-order chi connectivity index (χ1) is 12.6. The lowest BCUT2D eigenvalue weighted by Gasteiger charge is -2.11. The lowest BCUT2D eigenvalue weighted by molar-refractivity contribution is -0.120. The van der Waals surface area contributed by atoms with Crippen molar-refractivity contribution in [2.45, 2.75) is 38.8 Å². The Morgan fingerprint density at radius 2 is 2.19 bits per heavy atom. The lowest BCUT2D eigenvalue weighted by atomic mass is 10.2. The van der Waals surface area contributed by atoms with Crippen LogP contribution in [0.5, 0.6) is 5.75 Å². The van der Waals surface area contributed by atoms with Crippen LogP contribution in [0.25, 0.3) is 11.0 Å². The number of methoxy groups -OCH3 is 1. The molecule has 0 fully saturated rings. The molecule has 1 aliphatic heterocycles. The Balaban J connectivity index is 1.42. The summed E-state index contributed by atoms with van der Waals surface area (Å²) in [5.74, 6) is 2.65. The second-order valence-electron chi connectivity index (χ2n) is 6.69. The van der Waals surface area contributed by atoms with Gasteiger partial charge in [-0.1, -0.05) is 0 Å². The number of benzene rings is 1. The van der Waals surface area contributed by atoms with E-state index in [1.165, 1.54) is 12.8 Å². The zero-order valence-corrected chi connectivity index (χ0v) is 15.2. The second-order valence-corrected chi connectivity index (χ2v) is 6.69. The van der Waals surface area contributed by atoms with Crippen molar-refractivity contribution < 1.29 is 9.53 Å². The SMILES string of the molecule is COc1ccc2c(c1)nc(CNC(=O)Cc1cn3c(n1)CCCC3)n2C. The summed E-state index contributed by atoms with van der Waals surface area (Å²) in [5, 5.41) is 2.96. The molecule has 0 bridgehead atoms. The number of rotatable bonds is 5. The second kappa shape index (κ2) is 6.82. The number of hydrogen-bond donors (Lipinski definition) is 1. The maximum absolute atomic E-state index is 12.3. The Hall–Kier alpha value is -2.83. The van der Waals surface area contributed by atoms with E-state index < -0.39 is 0 Å². The van der Waals surface area contributed by atoms with Crippen molar-refractivity contribution >= 4 is 16.9 Å². The number of carbonyl (C=O) groups is 1. The number of imidazole rings is 2. The summed E-state index contributed by atoms with van der Waals surface area (Å²) in [6, 6.07) is 5.78.